The van der Waals surface area contributed by atoms with E-state index in [1.165, 1.54) is 0 Å². The number of rotatable bonds is 4. The van der Waals surface area contributed by atoms with Gasteiger partial charge in [0.2, 0.25) is 5.95 Å². The van der Waals surface area contributed by atoms with Gasteiger partial charge >= 0.3 is 6.18 Å². The van der Waals surface area contributed by atoms with E-state index in [1.807, 2.05) is 0 Å². The van der Waals surface area contributed by atoms with E-state index in [4.69, 9.17) is 0 Å². The standard InChI is InChI=1S/C20H21F4N5/c1-2-28-9-3-5-14(12-28)25-19-27-26-18(17-6-4-10-29(17)19)15-8-7-13(11-16(15)21)20(22,23)24/h4,6-8,10-11,14H,2-3,5,9,12H2,1H3,(H,25,27). The molecule has 1 saturated heterocycles. The number of nitrogens with one attached hydrogen (secondary N) is 1. The van der Waals surface area contributed by atoms with Gasteiger partial charge in [0.05, 0.1) is 11.1 Å². The summed E-state index contributed by atoms with van der Waals surface area (Å²) < 4.78 is 54.7. The Labute approximate surface area is 165 Å². The van der Waals surface area contributed by atoms with Crippen LogP contribution in [0.1, 0.15) is 25.3 Å². The minimum atomic E-state index is -4.60. The van der Waals surface area contributed by atoms with Gasteiger partial charge in [-0.15, -0.1) is 10.2 Å². The fourth-order valence-corrected chi connectivity index (χ4v) is 3.77. The Morgan fingerprint density at radius 1 is 1.21 bits per heavy atom. The van der Waals surface area contributed by atoms with Gasteiger partial charge in [0.25, 0.3) is 0 Å². The molecule has 4 rings (SSSR count). The van der Waals surface area contributed by atoms with Gasteiger partial charge in [-0.2, -0.15) is 13.2 Å². The summed E-state index contributed by atoms with van der Waals surface area (Å²) in [5, 5.41) is 11.7. The Hall–Kier alpha value is -2.68. The van der Waals surface area contributed by atoms with Crippen LogP contribution in [0.2, 0.25) is 0 Å². The molecule has 0 aliphatic carbocycles. The fourth-order valence-electron chi connectivity index (χ4n) is 3.77. The molecule has 1 fully saturated rings. The van der Waals surface area contributed by atoms with Gasteiger partial charge in [0.1, 0.15) is 11.5 Å². The topological polar surface area (TPSA) is 45.5 Å². The fraction of sp³-hybridized carbons (Fsp3) is 0.400. The van der Waals surface area contributed by atoms with Gasteiger partial charge in [-0.05, 0) is 56.3 Å². The van der Waals surface area contributed by atoms with Crippen molar-refractivity contribution >= 4 is 11.5 Å². The first-order valence-electron chi connectivity index (χ1n) is 9.56. The number of alkyl halides is 3. The third-order valence-electron chi connectivity index (χ3n) is 5.30. The van der Waals surface area contributed by atoms with Crippen LogP contribution in [0.15, 0.2) is 36.5 Å². The highest BCUT2D eigenvalue weighted by Crippen LogP contribution is 2.33. The van der Waals surface area contributed by atoms with E-state index < -0.39 is 17.6 Å². The van der Waals surface area contributed by atoms with Crippen LogP contribution in [0.5, 0.6) is 0 Å². The number of benzene rings is 1. The molecule has 29 heavy (non-hydrogen) atoms. The number of hydrogen-bond acceptors (Lipinski definition) is 4. The molecule has 1 N–H and O–H groups in total. The molecule has 5 nitrogen and oxygen atoms in total. The average Bonchev–Trinajstić information content (AvgIpc) is 3.18. The molecule has 0 spiro atoms. The third-order valence-corrected chi connectivity index (χ3v) is 5.30. The normalized spacial score (nSPS) is 18.3. The van der Waals surface area contributed by atoms with Crippen LogP contribution in [0, 0.1) is 5.82 Å². The maximum atomic E-state index is 14.5. The minimum Gasteiger partial charge on any atom is -0.350 e. The largest absolute Gasteiger partial charge is 0.416 e. The van der Waals surface area contributed by atoms with Crippen molar-refractivity contribution in [3.05, 3.63) is 47.9 Å². The predicted molar refractivity (Wildman–Crippen MR) is 102 cm³/mol. The first kappa shape index (κ1) is 19.6. The number of halogens is 4. The second kappa shape index (κ2) is 7.62. The summed E-state index contributed by atoms with van der Waals surface area (Å²) in [6.45, 7) is 5.08. The van der Waals surface area contributed by atoms with Gasteiger partial charge in [-0.25, -0.2) is 4.39 Å². The number of fused-ring (bicyclic) bond motifs is 1. The molecule has 0 saturated carbocycles. The summed E-state index contributed by atoms with van der Waals surface area (Å²) in [4.78, 5) is 2.35. The van der Waals surface area contributed by atoms with Crippen LogP contribution in [0.3, 0.4) is 0 Å². The summed E-state index contributed by atoms with van der Waals surface area (Å²) in [6.07, 6.45) is -0.730. The first-order valence-corrected chi connectivity index (χ1v) is 9.56. The Bertz CT molecular complexity index is 1010. The van der Waals surface area contributed by atoms with Crippen molar-refractivity contribution in [2.75, 3.05) is 25.0 Å². The van der Waals surface area contributed by atoms with E-state index in [0.29, 0.717) is 17.5 Å². The van der Waals surface area contributed by atoms with Gasteiger partial charge in [0.15, 0.2) is 0 Å². The SMILES string of the molecule is CCN1CCCC(Nc2nnc(-c3ccc(C(F)(F)F)cc3F)c3cccn23)C1. The summed E-state index contributed by atoms with van der Waals surface area (Å²) in [7, 11) is 0. The van der Waals surface area contributed by atoms with E-state index in [1.54, 1.807) is 22.7 Å². The Kier molecular flexibility index (Phi) is 5.16. The summed E-state index contributed by atoms with van der Waals surface area (Å²) >= 11 is 0. The molecule has 0 amide bonds. The quantitative estimate of drug-likeness (QED) is 0.649. The lowest BCUT2D eigenvalue weighted by Crippen LogP contribution is -2.42. The predicted octanol–water partition coefficient (Wildman–Crippen LogP) is 4.45. The number of nitrogens with zero attached hydrogens (tertiary/aromatic N) is 4. The van der Waals surface area contributed by atoms with Gasteiger partial charge < -0.3 is 10.2 Å². The molecule has 0 bridgehead atoms. The molecule has 3 heterocycles. The second-order valence-electron chi connectivity index (χ2n) is 7.20. The second-order valence-corrected chi connectivity index (χ2v) is 7.20. The third kappa shape index (κ3) is 3.91. The molecule has 1 atom stereocenters. The first-order chi connectivity index (χ1) is 13.9. The van der Waals surface area contributed by atoms with Crippen molar-refractivity contribution in [1.82, 2.24) is 19.5 Å². The summed E-state index contributed by atoms with van der Waals surface area (Å²) in [5.74, 6) is -0.451. The summed E-state index contributed by atoms with van der Waals surface area (Å²) in [5.41, 5.74) is -0.278. The molecule has 9 heteroatoms. The van der Waals surface area contributed by atoms with Crippen LogP contribution >= 0.6 is 0 Å². The lowest BCUT2D eigenvalue weighted by Gasteiger charge is -2.32. The Morgan fingerprint density at radius 2 is 2.03 bits per heavy atom. The lowest BCUT2D eigenvalue weighted by atomic mass is 10.1. The van der Waals surface area contributed by atoms with Crippen LogP contribution in [-0.4, -0.2) is 45.2 Å². The zero-order chi connectivity index (χ0) is 20.6. The van der Waals surface area contributed by atoms with E-state index in [0.717, 1.165) is 44.6 Å². The van der Waals surface area contributed by atoms with Crippen LogP contribution < -0.4 is 5.32 Å². The minimum absolute atomic E-state index is 0.0180. The zero-order valence-corrected chi connectivity index (χ0v) is 15.9. The Balaban J connectivity index is 1.67. The molecular formula is C20H21F4N5. The van der Waals surface area contributed by atoms with E-state index >= 15 is 0 Å². The highest BCUT2D eigenvalue weighted by Gasteiger charge is 2.31. The van der Waals surface area contributed by atoms with Crippen molar-refractivity contribution in [2.45, 2.75) is 32.0 Å². The Morgan fingerprint density at radius 3 is 2.76 bits per heavy atom. The molecule has 1 aromatic carbocycles. The van der Waals surface area contributed by atoms with E-state index in [-0.39, 0.29) is 17.3 Å². The molecule has 2 aromatic heterocycles. The maximum Gasteiger partial charge on any atom is 0.416 e. The number of likely N-dealkylation sites (N-methyl/N-ethyl adjacent to an activating group) is 1. The van der Waals surface area contributed by atoms with Crippen LogP contribution in [0.4, 0.5) is 23.5 Å². The van der Waals surface area contributed by atoms with Crippen LogP contribution in [0.25, 0.3) is 16.8 Å². The van der Waals surface area contributed by atoms with Crippen molar-refractivity contribution in [1.29, 1.82) is 0 Å². The van der Waals surface area contributed by atoms with Gasteiger partial charge in [-0.3, -0.25) is 4.40 Å². The zero-order valence-electron chi connectivity index (χ0n) is 15.9. The smallest absolute Gasteiger partial charge is 0.350 e. The molecule has 3 aromatic rings. The molecule has 1 aliphatic rings. The number of anilines is 1. The number of aromatic nitrogens is 3. The number of piperidine rings is 1. The van der Waals surface area contributed by atoms with Crippen molar-refractivity contribution in [3.8, 4) is 11.3 Å². The van der Waals surface area contributed by atoms with Gasteiger partial charge in [0, 0.05) is 24.3 Å². The number of hydrogen-bond donors (Lipinski definition) is 1. The molecule has 0 radical (unpaired) electrons. The monoisotopic (exact) mass is 407 g/mol. The summed E-state index contributed by atoms with van der Waals surface area (Å²) in [6, 6.07) is 6.18. The van der Waals surface area contributed by atoms with E-state index in [2.05, 4.69) is 27.3 Å². The van der Waals surface area contributed by atoms with Crippen molar-refractivity contribution < 1.29 is 17.6 Å². The molecular weight excluding hydrogens is 386 g/mol. The van der Waals surface area contributed by atoms with Crippen LogP contribution in [-0.2, 0) is 6.18 Å². The maximum absolute atomic E-state index is 14.5. The van der Waals surface area contributed by atoms with Crippen molar-refractivity contribution in [3.63, 3.8) is 0 Å². The highest BCUT2D eigenvalue weighted by atomic mass is 19.4. The van der Waals surface area contributed by atoms with Gasteiger partial charge in [-0.1, -0.05) is 6.92 Å². The molecule has 154 valence electrons. The average molecular weight is 407 g/mol. The van der Waals surface area contributed by atoms with E-state index in [9.17, 15) is 17.6 Å². The lowest BCUT2D eigenvalue weighted by molar-refractivity contribution is -0.137. The van der Waals surface area contributed by atoms with Crippen molar-refractivity contribution in [2.24, 2.45) is 0 Å². The highest BCUT2D eigenvalue weighted by molar-refractivity contribution is 5.78. The molecule has 1 aliphatic heterocycles. The molecule has 1 unspecified atom stereocenters. The number of likely N-dealkylation sites (tertiary alicyclic amines) is 1.